The molecule has 7 nitrogen and oxygen atoms in total. The van der Waals surface area contributed by atoms with Gasteiger partial charge in [-0.15, -0.1) is 0 Å². The highest BCUT2D eigenvalue weighted by Gasteiger charge is 2.51. The van der Waals surface area contributed by atoms with E-state index in [2.05, 4.69) is 5.32 Å². The third-order valence-electron chi connectivity index (χ3n) is 4.92. The minimum atomic E-state index is -0.715. The van der Waals surface area contributed by atoms with Crippen LogP contribution in [0.1, 0.15) is 48.5 Å². The summed E-state index contributed by atoms with van der Waals surface area (Å²) < 4.78 is 22.6. The fourth-order valence-corrected chi connectivity index (χ4v) is 2.75. The molecular formula is C20H26BNO6. The molecule has 1 aromatic heterocycles. The maximum absolute atomic E-state index is 12.3. The van der Waals surface area contributed by atoms with Gasteiger partial charge < -0.3 is 18.5 Å². The summed E-state index contributed by atoms with van der Waals surface area (Å²) in [6.07, 6.45) is -0.715. The number of benzene rings is 1. The second-order valence-electron chi connectivity index (χ2n) is 8.96. The van der Waals surface area contributed by atoms with E-state index in [0.29, 0.717) is 11.0 Å². The van der Waals surface area contributed by atoms with E-state index >= 15 is 0 Å². The van der Waals surface area contributed by atoms with Gasteiger partial charge in [-0.1, -0.05) is 12.1 Å². The predicted octanol–water partition coefficient (Wildman–Crippen LogP) is 3.44. The quantitative estimate of drug-likeness (QED) is 0.628. The van der Waals surface area contributed by atoms with Crippen molar-refractivity contribution in [1.82, 2.24) is 0 Å². The Morgan fingerprint density at radius 1 is 1.07 bits per heavy atom. The topological polar surface area (TPSA) is 87.0 Å². The molecule has 0 radical (unpaired) electrons. The summed E-state index contributed by atoms with van der Waals surface area (Å²) >= 11 is 0. The lowest BCUT2D eigenvalue weighted by Gasteiger charge is -2.32. The molecule has 1 amide bonds. The van der Waals surface area contributed by atoms with E-state index in [4.69, 9.17) is 18.5 Å². The van der Waals surface area contributed by atoms with Crippen molar-refractivity contribution in [2.24, 2.45) is 0 Å². The zero-order chi connectivity index (χ0) is 20.9. The number of nitrogens with one attached hydrogen (secondary N) is 1. The van der Waals surface area contributed by atoms with Crippen LogP contribution in [0.15, 0.2) is 33.5 Å². The summed E-state index contributed by atoms with van der Waals surface area (Å²) in [4.78, 5) is 24.2. The van der Waals surface area contributed by atoms with Crippen LogP contribution in [0.4, 0.5) is 10.5 Å². The summed E-state index contributed by atoms with van der Waals surface area (Å²) in [6.45, 7) is 13.1. The molecule has 1 aliphatic heterocycles. The van der Waals surface area contributed by atoms with E-state index in [1.165, 1.54) is 0 Å². The minimum Gasteiger partial charge on any atom is -0.444 e. The molecular weight excluding hydrogens is 361 g/mol. The van der Waals surface area contributed by atoms with E-state index in [0.717, 1.165) is 5.46 Å². The van der Waals surface area contributed by atoms with Crippen LogP contribution in [-0.4, -0.2) is 30.0 Å². The van der Waals surface area contributed by atoms with Crippen molar-refractivity contribution >= 4 is 35.3 Å². The third-order valence-corrected chi connectivity index (χ3v) is 4.92. The predicted molar refractivity (Wildman–Crippen MR) is 108 cm³/mol. The number of rotatable bonds is 2. The van der Waals surface area contributed by atoms with Gasteiger partial charge in [0.1, 0.15) is 16.9 Å². The Morgan fingerprint density at radius 3 is 2.25 bits per heavy atom. The van der Waals surface area contributed by atoms with Gasteiger partial charge in [-0.05, 0) is 66.1 Å². The van der Waals surface area contributed by atoms with Crippen molar-refractivity contribution in [2.45, 2.75) is 65.3 Å². The van der Waals surface area contributed by atoms with Crippen molar-refractivity contribution in [1.29, 1.82) is 0 Å². The number of carbonyl (C=O) groups is 1. The second-order valence-corrected chi connectivity index (χ2v) is 8.96. The van der Waals surface area contributed by atoms with Gasteiger partial charge in [0.25, 0.3) is 0 Å². The Kier molecular flexibility index (Phi) is 4.84. The Hall–Kier alpha value is -2.32. The van der Waals surface area contributed by atoms with Crippen LogP contribution in [0.5, 0.6) is 0 Å². The zero-order valence-electron chi connectivity index (χ0n) is 17.3. The van der Waals surface area contributed by atoms with Crippen LogP contribution >= 0.6 is 0 Å². The molecule has 0 aliphatic carbocycles. The van der Waals surface area contributed by atoms with Crippen LogP contribution in [0.25, 0.3) is 11.0 Å². The largest absolute Gasteiger partial charge is 0.494 e. The summed E-state index contributed by atoms with van der Waals surface area (Å²) in [7, 11) is -0.556. The van der Waals surface area contributed by atoms with Crippen molar-refractivity contribution in [3.8, 4) is 0 Å². The zero-order valence-corrected chi connectivity index (χ0v) is 17.3. The molecule has 0 spiro atoms. The molecule has 1 aliphatic rings. The van der Waals surface area contributed by atoms with Crippen LogP contribution in [-0.2, 0) is 14.0 Å². The fourth-order valence-electron chi connectivity index (χ4n) is 2.75. The first kappa shape index (κ1) is 20.4. The number of ether oxygens (including phenoxy) is 1. The molecule has 150 valence electrons. The lowest BCUT2D eigenvalue weighted by Crippen LogP contribution is -2.41. The van der Waals surface area contributed by atoms with Gasteiger partial charge in [0.15, 0.2) is 0 Å². The molecule has 1 N–H and O–H groups in total. The summed E-state index contributed by atoms with van der Waals surface area (Å²) in [6, 6.07) is 6.91. The average molecular weight is 387 g/mol. The minimum absolute atomic E-state index is 0.0186. The summed E-state index contributed by atoms with van der Waals surface area (Å²) in [5.41, 5.74) is -1.11. The molecule has 1 fully saturated rings. The highest BCUT2D eigenvalue weighted by molar-refractivity contribution is 6.62. The van der Waals surface area contributed by atoms with E-state index in [1.54, 1.807) is 39.0 Å². The monoisotopic (exact) mass is 387 g/mol. The van der Waals surface area contributed by atoms with E-state index in [-0.39, 0.29) is 5.69 Å². The summed E-state index contributed by atoms with van der Waals surface area (Å²) in [5.74, 6) is 0. The summed E-state index contributed by atoms with van der Waals surface area (Å²) in [5, 5.41) is 3.09. The van der Waals surface area contributed by atoms with Crippen molar-refractivity contribution in [2.75, 3.05) is 5.32 Å². The number of anilines is 1. The van der Waals surface area contributed by atoms with Crippen LogP contribution in [0.3, 0.4) is 0 Å². The van der Waals surface area contributed by atoms with Crippen molar-refractivity contribution in [3.05, 3.63) is 34.7 Å². The molecule has 0 bridgehead atoms. The van der Waals surface area contributed by atoms with Gasteiger partial charge in [0, 0.05) is 5.39 Å². The second kappa shape index (κ2) is 6.63. The molecule has 1 aromatic carbocycles. The molecule has 0 atom stereocenters. The molecule has 28 heavy (non-hydrogen) atoms. The number of carbonyl (C=O) groups excluding carboxylic acids is 1. The van der Waals surface area contributed by atoms with Crippen LogP contribution < -0.4 is 16.4 Å². The SMILES string of the molecule is CC(C)(C)OC(=O)Nc1cc2ccc(B3OC(C)(C)C(C)(C)O3)cc2oc1=O. The number of fused-ring (bicyclic) bond motifs is 1. The third kappa shape index (κ3) is 4.08. The first-order valence-corrected chi connectivity index (χ1v) is 9.21. The van der Waals surface area contributed by atoms with E-state index < -0.39 is 35.6 Å². The smallest absolute Gasteiger partial charge is 0.444 e. The van der Waals surface area contributed by atoms with Gasteiger partial charge in [-0.3, -0.25) is 5.32 Å². The lowest BCUT2D eigenvalue weighted by atomic mass is 9.79. The van der Waals surface area contributed by atoms with Gasteiger partial charge in [-0.2, -0.15) is 0 Å². The van der Waals surface area contributed by atoms with Crippen molar-refractivity contribution in [3.63, 3.8) is 0 Å². The fraction of sp³-hybridized carbons (Fsp3) is 0.500. The van der Waals surface area contributed by atoms with Gasteiger partial charge in [0.05, 0.1) is 11.2 Å². The number of amides is 1. The highest BCUT2D eigenvalue weighted by atomic mass is 16.7. The van der Waals surface area contributed by atoms with E-state index in [1.807, 2.05) is 33.8 Å². The van der Waals surface area contributed by atoms with Crippen LogP contribution in [0, 0.1) is 0 Å². The molecule has 2 heterocycles. The lowest BCUT2D eigenvalue weighted by molar-refractivity contribution is 0.00578. The molecule has 0 unspecified atom stereocenters. The van der Waals surface area contributed by atoms with Crippen molar-refractivity contribution < 1.29 is 23.3 Å². The first-order valence-electron chi connectivity index (χ1n) is 9.21. The Balaban J connectivity index is 1.87. The molecule has 8 heteroatoms. The maximum atomic E-state index is 12.3. The first-order chi connectivity index (χ1) is 12.8. The Bertz CT molecular complexity index is 957. The normalized spacial score (nSPS) is 18.3. The standard InChI is InChI=1S/C20H26BNO6/c1-18(2,3)26-17(24)22-14-10-12-8-9-13(11-15(12)25-16(14)23)21-27-19(4,5)20(6,7)28-21/h8-11H,1-7H3,(H,22,24). The molecule has 1 saturated heterocycles. The van der Waals surface area contributed by atoms with Crippen LogP contribution in [0.2, 0.25) is 0 Å². The molecule has 0 saturated carbocycles. The maximum Gasteiger partial charge on any atom is 0.494 e. The average Bonchev–Trinajstić information content (AvgIpc) is 2.74. The van der Waals surface area contributed by atoms with Gasteiger partial charge in [-0.25, -0.2) is 9.59 Å². The highest BCUT2D eigenvalue weighted by Crippen LogP contribution is 2.36. The Labute approximate surface area is 164 Å². The Morgan fingerprint density at radius 2 is 1.68 bits per heavy atom. The van der Waals surface area contributed by atoms with Gasteiger partial charge in [0.2, 0.25) is 0 Å². The number of hydrogen-bond donors (Lipinski definition) is 1. The molecule has 2 aromatic rings. The van der Waals surface area contributed by atoms with E-state index in [9.17, 15) is 9.59 Å². The number of hydrogen-bond acceptors (Lipinski definition) is 6. The van der Waals surface area contributed by atoms with Gasteiger partial charge >= 0.3 is 18.8 Å². The molecule has 3 rings (SSSR count).